The first-order valence-electron chi connectivity index (χ1n) is 11.8. The second-order valence-electron chi connectivity index (χ2n) is 9.28. The Hall–Kier alpha value is -3.65. The van der Waals surface area contributed by atoms with Gasteiger partial charge in [-0.25, -0.2) is 0 Å². The van der Waals surface area contributed by atoms with Gasteiger partial charge in [-0.1, -0.05) is 0 Å². The molecule has 0 aliphatic heterocycles. The number of hydrogen-bond acceptors (Lipinski definition) is 8. The normalized spacial score (nSPS) is 15.5. The van der Waals surface area contributed by atoms with Crippen LogP contribution >= 0.6 is 7.26 Å². The summed E-state index contributed by atoms with van der Waals surface area (Å²) in [4.78, 5) is 0. The minimum absolute atomic E-state index is 0.0942. The fourth-order valence-corrected chi connectivity index (χ4v) is 10.4. The number of phenols is 4. The van der Waals surface area contributed by atoms with E-state index in [1.165, 1.54) is 0 Å². The first kappa shape index (κ1) is 26.4. The molecule has 0 bridgehead atoms. The summed E-state index contributed by atoms with van der Waals surface area (Å²) >= 11 is 0. The third-order valence-electron chi connectivity index (χ3n) is 7.16. The van der Waals surface area contributed by atoms with E-state index in [2.05, 4.69) is 0 Å². The van der Waals surface area contributed by atoms with Gasteiger partial charge in [-0.3, -0.25) is 0 Å². The van der Waals surface area contributed by atoms with Gasteiger partial charge in [0.15, 0.2) is 0 Å². The molecule has 12 N–H and O–H groups in total. The van der Waals surface area contributed by atoms with Gasteiger partial charge in [0.2, 0.25) is 0 Å². The molecule has 4 rings (SSSR count). The number of phenolic OH excluding ortho intramolecular Hbond substituents is 4. The molecule has 0 saturated carbocycles. The molecule has 9 heteroatoms. The van der Waals surface area contributed by atoms with Crippen molar-refractivity contribution in [2.75, 3.05) is 0 Å². The monoisotopic (exact) mass is 520 g/mol. The molecule has 194 valence electrons. The summed E-state index contributed by atoms with van der Waals surface area (Å²) in [6, 6.07) is 26.3. The summed E-state index contributed by atoms with van der Waals surface area (Å²) in [5.41, 5.74) is 31.3. The van der Waals surface area contributed by atoms with Gasteiger partial charge in [0.05, 0.1) is 0 Å². The van der Waals surface area contributed by atoms with Gasteiger partial charge in [0.1, 0.15) is 0 Å². The van der Waals surface area contributed by atoms with Gasteiger partial charge in [-0.05, 0) is 0 Å². The minimum atomic E-state index is -3.46. The first-order chi connectivity index (χ1) is 17.6. The van der Waals surface area contributed by atoms with E-state index in [-0.39, 0.29) is 23.0 Å². The van der Waals surface area contributed by atoms with Crippen LogP contribution in [0.2, 0.25) is 0 Å². The van der Waals surface area contributed by atoms with Crippen molar-refractivity contribution in [3.05, 3.63) is 119 Å². The Morgan fingerprint density at radius 2 is 0.514 bits per heavy atom. The van der Waals surface area contributed by atoms with E-state index in [9.17, 15) is 20.4 Å². The van der Waals surface area contributed by atoms with Gasteiger partial charge < -0.3 is 0 Å². The van der Waals surface area contributed by atoms with Crippen LogP contribution in [-0.4, -0.2) is 20.4 Å². The molecular formula is C28H33N4O4P. The van der Waals surface area contributed by atoms with Crippen molar-refractivity contribution < 1.29 is 20.4 Å². The Labute approximate surface area is 216 Å². The van der Waals surface area contributed by atoms with Crippen LogP contribution < -0.4 is 22.9 Å². The van der Waals surface area contributed by atoms with E-state index >= 15 is 0 Å². The van der Waals surface area contributed by atoms with Gasteiger partial charge in [0, 0.05) is 0 Å². The second-order valence-corrected chi connectivity index (χ2v) is 13.8. The summed E-state index contributed by atoms with van der Waals surface area (Å²) in [6.07, 6.45) is 0. The summed E-state index contributed by atoms with van der Waals surface area (Å²) in [7, 11) is -3.46. The first-order valence-corrected chi connectivity index (χ1v) is 14.1. The van der Waals surface area contributed by atoms with Crippen molar-refractivity contribution in [3.63, 3.8) is 0 Å². The predicted molar refractivity (Wildman–Crippen MR) is 148 cm³/mol. The van der Waals surface area contributed by atoms with Crippen LogP contribution in [0.3, 0.4) is 0 Å². The number of benzene rings is 4. The Morgan fingerprint density at radius 3 is 0.676 bits per heavy atom. The second kappa shape index (κ2) is 10.8. The molecule has 0 saturated heterocycles. The van der Waals surface area contributed by atoms with Gasteiger partial charge in [0.25, 0.3) is 0 Å². The average Bonchev–Trinajstić information content (AvgIpc) is 2.90. The van der Waals surface area contributed by atoms with Crippen LogP contribution in [0.15, 0.2) is 97.1 Å². The fraction of sp³-hybridized carbons (Fsp3) is 0.143. The van der Waals surface area contributed by atoms with E-state index in [0.717, 1.165) is 0 Å². The zero-order chi connectivity index (χ0) is 26.7. The Kier molecular flexibility index (Phi) is 7.68. The van der Waals surface area contributed by atoms with Crippen molar-refractivity contribution in [2.45, 2.75) is 23.1 Å². The third-order valence-corrected chi connectivity index (χ3v) is 12.8. The van der Waals surface area contributed by atoms with Crippen LogP contribution in [0.25, 0.3) is 0 Å². The van der Waals surface area contributed by atoms with E-state index in [1.54, 1.807) is 97.1 Å². The van der Waals surface area contributed by atoms with Crippen molar-refractivity contribution in [3.8, 4) is 23.0 Å². The molecule has 0 aliphatic carbocycles. The van der Waals surface area contributed by atoms with Crippen LogP contribution in [0, 0.1) is 0 Å². The van der Waals surface area contributed by atoms with Crippen molar-refractivity contribution in [1.29, 1.82) is 0 Å². The Balaban J connectivity index is 2.00. The molecular weight excluding hydrogens is 487 g/mol. The maximum atomic E-state index is 9.91. The molecule has 0 heterocycles. The zero-order valence-electron chi connectivity index (χ0n) is 20.1. The molecule has 0 amide bonds. The molecule has 0 fully saturated rings. The molecule has 0 aromatic heterocycles. The van der Waals surface area contributed by atoms with E-state index < -0.39 is 30.4 Å². The average molecular weight is 521 g/mol. The number of rotatable bonds is 8. The molecule has 8 nitrogen and oxygen atoms in total. The quantitative estimate of drug-likeness (QED) is 0.159. The Morgan fingerprint density at radius 1 is 0.351 bits per heavy atom. The topological polar surface area (TPSA) is 185 Å². The molecule has 0 aliphatic rings. The van der Waals surface area contributed by atoms with Crippen LogP contribution in [0.5, 0.6) is 23.0 Å². The molecule has 4 aromatic rings. The predicted octanol–water partition coefficient (Wildman–Crippen LogP) is 4.19. The third kappa shape index (κ3) is 5.11. The van der Waals surface area contributed by atoms with Crippen LogP contribution in [-0.2, 0) is 0 Å². The number of nitrogens with two attached hydrogens (primary N) is 4. The Bertz CT molecular complexity index is 1110. The van der Waals surface area contributed by atoms with Crippen molar-refractivity contribution in [1.82, 2.24) is 0 Å². The SMILES string of the molecule is NC(c1ccc(O)cc1)[PH](C(N)c1ccc(O)cc1)(C(N)c1ccc(O)cc1)C(N)c1ccc(O)cc1. The molecule has 0 radical (unpaired) electrons. The molecule has 4 unspecified atom stereocenters. The number of aromatic hydroxyl groups is 4. The van der Waals surface area contributed by atoms with E-state index in [0.29, 0.717) is 22.3 Å². The maximum absolute atomic E-state index is 9.91. The van der Waals surface area contributed by atoms with Gasteiger partial charge >= 0.3 is 216 Å². The van der Waals surface area contributed by atoms with Crippen LogP contribution in [0.4, 0.5) is 0 Å². The molecule has 0 spiro atoms. The van der Waals surface area contributed by atoms with Crippen LogP contribution in [0.1, 0.15) is 45.4 Å². The van der Waals surface area contributed by atoms with Crippen molar-refractivity contribution >= 4 is 7.26 Å². The summed E-state index contributed by atoms with van der Waals surface area (Å²) in [6.45, 7) is 0. The summed E-state index contributed by atoms with van der Waals surface area (Å²) < 4.78 is 0. The van der Waals surface area contributed by atoms with E-state index in [1.807, 2.05) is 0 Å². The summed E-state index contributed by atoms with van der Waals surface area (Å²) in [5, 5.41) is 39.6. The molecule has 4 aromatic carbocycles. The standard InChI is InChI=1S/C28H33N4O4P/c29-25(17-1-9-21(33)10-2-17)37(26(30)18-3-11-22(34)12-4-18,27(31)19-5-13-23(35)14-6-19)28(32)20-7-15-24(36)16-8-20/h1-16,25-28,33-37H,29-32H2. The molecule has 37 heavy (non-hydrogen) atoms. The van der Waals surface area contributed by atoms with E-state index in [4.69, 9.17) is 22.9 Å². The number of hydrogen-bond donors (Lipinski definition) is 8. The van der Waals surface area contributed by atoms with Crippen molar-refractivity contribution in [2.24, 2.45) is 22.9 Å². The van der Waals surface area contributed by atoms with Gasteiger partial charge in [-0.2, -0.15) is 0 Å². The van der Waals surface area contributed by atoms with Gasteiger partial charge in [-0.15, -0.1) is 0 Å². The zero-order valence-corrected chi connectivity index (χ0v) is 21.1. The molecule has 4 atom stereocenters. The fourth-order valence-electron chi connectivity index (χ4n) is 5.04. The summed E-state index contributed by atoms with van der Waals surface area (Å²) in [5.74, 6) is -2.44.